The fourth-order valence-corrected chi connectivity index (χ4v) is 4.21. The zero-order valence-electron chi connectivity index (χ0n) is 18.1. The van der Waals surface area contributed by atoms with Crippen LogP contribution in [0, 0.1) is 11.8 Å². The summed E-state index contributed by atoms with van der Waals surface area (Å²) in [5, 5.41) is 3.57. The highest BCUT2D eigenvalue weighted by molar-refractivity contribution is 7.98. The SMILES string of the molecule is O=C(Nc1cccc(C#Cc2ccccn2)c1)c1ccccc1CSc1nc2ccccc2o1. The fraction of sp³-hybridized carbons (Fsp3) is 0.0357. The molecule has 0 spiro atoms. The van der Waals surface area contributed by atoms with Crippen molar-refractivity contribution in [2.75, 3.05) is 5.32 Å². The third kappa shape index (κ3) is 5.17. The highest BCUT2D eigenvalue weighted by atomic mass is 32.2. The Morgan fingerprint density at radius 3 is 2.65 bits per heavy atom. The lowest BCUT2D eigenvalue weighted by molar-refractivity contribution is 0.102. The molecule has 0 saturated heterocycles. The Balaban J connectivity index is 1.29. The molecular formula is C28H19N3O2S. The lowest BCUT2D eigenvalue weighted by Gasteiger charge is -2.10. The molecule has 0 fully saturated rings. The lowest BCUT2D eigenvalue weighted by Crippen LogP contribution is -2.14. The first kappa shape index (κ1) is 21.5. The van der Waals surface area contributed by atoms with Gasteiger partial charge in [-0.3, -0.25) is 4.79 Å². The number of hydrogen-bond donors (Lipinski definition) is 1. The number of pyridine rings is 1. The monoisotopic (exact) mass is 461 g/mol. The smallest absolute Gasteiger partial charge is 0.257 e. The van der Waals surface area contributed by atoms with E-state index in [1.165, 1.54) is 11.8 Å². The summed E-state index contributed by atoms with van der Waals surface area (Å²) >= 11 is 1.46. The van der Waals surface area contributed by atoms with E-state index in [1.54, 1.807) is 6.20 Å². The van der Waals surface area contributed by atoms with Crippen LogP contribution in [-0.4, -0.2) is 15.9 Å². The van der Waals surface area contributed by atoms with Crippen molar-refractivity contribution >= 4 is 34.5 Å². The maximum absolute atomic E-state index is 13.1. The second-order valence-corrected chi connectivity index (χ2v) is 8.32. The third-order valence-corrected chi connectivity index (χ3v) is 5.88. The van der Waals surface area contributed by atoms with Crippen molar-refractivity contribution in [3.63, 3.8) is 0 Å². The van der Waals surface area contributed by atoms with E-state index < -0.39 is 0 Å². The largest absolute Gasteiger partial charge is 0.431 e. The Bertz CT molecular complexity index is 1480. The van der Waals surface area contributed by atoms with Crippen molar-refractivity contribution in [2.45, 2.75) is 11.0 Å². The van der Waals surface area contributed by atoms with Crippen LogP contribution in [0.2, 0.25) is 0 Å². The van der Waals surface area contributed by atoms with Crippen LogP contribution < -0.4 is 5.32 Å². The molecule has 0 bridgehead atoms. The van der Waals surface area contributed by atoms with Gasteiger partial charge in [0, 0.05) is 28.8 Å². The van der Waals surface area contributed by atoms with E-state index in [2.05, 4.69) is 27.1 Å². The minimum atomic E-state index is -0.177. The summed E-state index contributed by atoms with van der Waals surface area (Å²) in [4.78, 5) is 21.8. The van der Waals surface area contributed by atoms with E-state index in [0.717, 1.165) is 22.2 Å². The van der Waals surface area contributed by atoms with Gasteiger partial charge in [-0.15, -0.1) is 0 Å². The normalized spacial score (nSPS) is 10.5. The van der Waals surface area contributed by atoms with Gasteiger partial charge in [-0.2, -0.15) is 0 Å². The number of oxazole rings is 1. The molecule has 0 unspecified atom stereocenters. The van der Waals surface area contributed by atoms with Gasteiger partial charge in [0.2, 0.25) is 0 Å². The van der Waals surface area contributed by atoms with E-state index >= 15 is 0 Å². The number of fused-ring (bicyclic) bond motifs is 1. The molecule has 5 nitrogen and oxygen atoms in total. The van der Waals surface area contributed by atoms with E-state index in [4.69, 9.17) is 4.42 Å². The molecule has 5 aromatic rings. The van der Waals surface area contributed by atoms with Gasteiger partial charge in [0.15, 0.2) is 5.58 Å². The minimum absolute atomic E-state index is 0.177. The molecule has 0 atom stereocenters. The van der Waals surface area contributed by atoms with E-state index in [1.807, 2.05) is 91.0 Å². The Morgan fingerprint density at radius 1 is 0.912 bits per heavy atom. The van der Waals surface area contributed by atoms with Crippen molar-refractivity contribution in [3.05, 3.63) is 120 Å². The summed E-state index contributed by atoms with van der Waals surface area (Å²) < 4.78 is 5.79. The molecular weight excluding hydrogens is 442 g/mol. The van der Waals surface area contributed by atoms with Crippen LogP contribution >= 0.6 is 11.8 Å². The summed E-state index contributed by atoms with van der Waals surface area (Å²) in [6.45, 7) is 0. The zero-order chi connectivity index (χ0) is 23.2. The molecule has 0 aliphatic rings. The van der Waals surface area contributed by atoms with Crippen LogP contribution in [0.15, 0.2) is 107 Å². The molecule has 0 saturated carbocycles. The second-order valence-electron chi connectivity index (χ2n) is 7.39. The molecule has 1 amide bonds. The molecule has 0 radical (unpaired) electrons. The Kier molecular flexibility index (Phi) is 6.37. The Labute approximate surface area is 201 Å². The number of thioether (sulfide) groups is 1. The number of anilines is 1. The standard InChI is InChI=1S/C28H19N3O2S/c32-27(30-23-11-7-8-20(18-23)15-16-22-10-5-6-17-29-22)24-12-2-1-9-21(24)19-34-28-31-25-13-3-4-14-26(25)33-28/h1-14,17-18H,19H2,(H,30,32). The molecule has 0 aliphatic carbocycles. The molecule has 34 heavy (non-hydrogen) atoms. The molecule has 2 heterocycles. The number of nitrogens with one attached hydrogen (secondary N) is 1. The highest BCUT2D eigenvalue weighted by Gasteiger charge is 2.13. The molecule has 1 N–H and O–H groups in total. The average Bonchev–Trinajstić information content (AvgIpc) is 3.30. The number of rotatable bonds is 5. The van der Waals surface area contributed by atoms with Crippen LogP contribution in [0.4, 0.5) is 5.69 Å². The van der Waals surface area contributed by atoms with Crippen LogP contribution in [-0.2, 0) is 5.75 Å². The summed E-state index contributed by atoms with van der Waals surface area (Å²) in [6, 6.07) is 28.3. The first-order valence-electron chi connectivity index (χ1n) is 10.7. The average molecular weight is 462 g/mol. The zero-order valence-corrected chi connectivity index (χ0v) is 18.9. The predicted octanol–water partition coefficient (Wildman–Crippen LogP) is 6.17. The van der Waals surface area contributed by atoms with Gasteiger partial charge >= 0.3 is 0 Å². The minimum Gasteiger partial charge on any atom is -0.431 e. The molecule has 164 valence electrons. The first-order valence-corrected chi connectivity index (χ1v) is 11.6. The van der Waals surface area contributed by atoms with Gasteiger partial charge in [0.25, 0.3) is 11.1 Å². The van der Waals surface area contributed by atoms with Crippen molar-refractivity contribution in [3.8, 4) is 11.8 Å². The van der Waals surface area contributed by atoms with Crippen LogP contribution in [0.3, 0.4) is 0 Å². The van der Waals surface area contributed by atoms with Crippen molar-refractivity contribution in [1.29, 1.82) is 0 Å². The number of nitrogens with zero attached hydrogens (tertiary/aromatic N) is 2. The van der Waals surface area contributed by atoms with Gasteiger partial charge in [-0.1, -0.05) is 60.1 Å². The number of carbonyl (C=O) groups excluding carboxylic acids is 1. The molecule has 3 aromatic carbocycles. The maximum Gasteiger partial charge on any atom is 0.257 e. The van der Waals surface area contributed by atoms with E-state index in [-0.39, 0.29) is 5.91 Å². The van der Waals surface area contributed by atoms with Crippen LogP contribution in [0.25, 0.3) is 11.1 Å². The summed E-state index contributed by atoms with van der Waals surface area (Å²) in [5.41, 5.74) is 5.25. The topological polar surface area (TPSA) is 68.0 Å². The number of aromatic nitrogens is 2. The summed E-state index contributed by atoms with van der Waals surface area (Å²) in [7, 11) is 0. The second kappa shape index (κ2) is 10.1. The van der Waals surface area contributed by atoms with Gasteiger partial charge in [0.1, 0.15) is 11.2 Å². The van der Waals surface area contributed by atoms with Crippen molar-refractivity contribution < 1.29 is 9.21 Å². The quantitative estimate of drug-likeness (QED) is 0.250. The highest BCUT2D eigenvalue weighted by Crippen LogP contribution is 2.27. The predicted molar refractivity (Wildman–Crippen MR) is 135 cm³/mol. The number of hydrogen-bond acceptors (Lipinski definition) is 5. The van der Waals surface area contributed by atoms with Crippen LogP contribution in [0.1, 0.15) is 27.2 Å². The van der Waals surface area contributed by atoms with Gasteiger partial charge < -0.3 is 9.73 Å². The first-order chi connectivity index (χ1) is 16.7. The summed E-state index contributed by atoms with van der Waals surface area (Å²) in [6.07, 6.45) is 1.71. The maximum atomic E-state index is 13.1. The third-order valence-electron chi connectivity index (χ3n) is 5.01. The summed E-state index contributed by atoms with van der Waals surface area (Å²) in [5.74, 6) is 6.51. The molecule has 6 heteroatoms. The fourth-order valence-electron chi connectivity index (χ4n) is 3.37. The molecule has 0 aliphatic heterocycles. The number of carbonyl (C=O) groups is 1. The Morgan fingerprint density at radius 2 is 1.76 bits per heavy atom. The van der Waals surface area contributed by atoms with Crippen molar-refractivity contribution in [1.82, 2.24) is 9.97 Å². The van der Waals surface area contributed by atoms with E-state index in [9.17, 15) is 4.79 Å². The van der Waals surface area contributed by atoms with Gasteiger partial charge in [-0.05, 0) is 60.0 Å². The van der Waals surface area contributed by atoms with E-state index in [0.29, 0.717) is 27.9 Å². The van der Waals surface area contributed by atoms with Crippen LogP contribution in [0.5, 0.6) is 0 Å². The lowest BCUT2D eigenvalue weighted by atomic mass is 10.1. The number of benzene rings is 3. The van der Waals surface area contributed by atoms with Gasteiger partial charge in [-0.25, -0.2) is 9.97 Å². The number of para-hydroxylation sites is 2. The molecule has 5 rings (SSSR count). The van der Waals surface area contributed by atoms with Crippen molar-refractivity contribution in [2.24, 2.45) is 0 Å². The van der Waals surface area contributed by atoms with Gasteiger partial charge in [0.05, 0.1) is 0 Å². The molecule has 2 aromatic heterocycles. The number of amides is 1. The Hall–Kier alpha value is -4.34.